The molecule has 1 N–H and O–H groups in total. The van der Waals surface area contributed by atoms with Gasteiger partial charge in [-0.3, -0.25) is 4.79 Å². The third kappa shape index (κ3) is 5.25. The largest absolute Gasteiger partial charge is 0.452 e. The lowest BCUT2D eigenvalue weighted by Crippen LogP contribution is -2.28. The Morgan fingerprint density at radius 1 is 1.00 bits per heavy atom. The van der Waals surface area contributed by atoms with Gasteiger partial charge in [-0.1, -0.05) is 54.4 Å². The molecule has 2 rings (SSSR count). The van der Waals surface area contributed by atoms with Crippen molar-refractivity contribution in [3.63, 3.8) is 0 Å². The van der Waals surface area contributed by atoms with E-state index in [9.17, 15) is 9.59 Å². The standard InChI is InChI=1S/C18H17Cl2NO3/c1-2-12-3-5-13(6-4-12)10-21-17(22)11-24-18(23)14-7-8-15(19)16(20)9-14/h3-9H,2,10-11H2,1H3,(H,21,22). The van der Waals surface area contributed by atoms with Gasteiger partial charge in [0.15, 0.2) is 6.61 Å². The van der Waals surface area contributed by atoms with Crippen molar-refractivity contribution < 1.29 is 14.3 Å². The highest BCUT2D eigenvalue weighted by atomic mass is 35.5. The van der Waals surface area contributed by atoms with Crippen molar-refractivity contribution >= 4 is 35.1 Å². The molecule has 0 saturated heterocycles. The maximum atomic E-state index is 11.9. The van der Waals surface area contributed by atoms with Crippen molar-refractivity contribution in [2.75, 3.05) is 6.61 Å². The third-order valence-electron chi connectivity index (χ3n) is 3.41. The first-order chi connectivity index (χ1) is 11.5. The maximum absolute atomic E-state index is 11.9. The van der Waals surface area contributed by atoms with E-state index in [0.29, 0.717) is 11.6 Å². The molecule has 0 aliphatic rings. The van der Waals surface area contributed by atoms with E-state index in [1.807, 2.05) is 24.3 Å². The van der Waals surface area contributed by atoms with Gasteiger partial charge >= 0.3 is 5.97 Å². The molecule has 0 spiro atoms. The summed E-state index contributed by atoms with van der Waals surface area (Å²) in [6.07, 6.45) is 0.970. The lowest BCUT2D eigenvalue weighted by atomic mass is 10.1. The Kier molecular flexibility index (Phi) is 6.64. The van der Waals surface area contributed by atoms with Crippen LogP contribution in [0.3, 0.4) is 0 Å². The summed E-state index contributed by atoms with van der Waals surface area (Å²) >= 11 is 11.6. The second-order valence-corrected chi connectivity index (χ2v) is 5.97. The van der Waals surface area contributed by atoms with Crippen molar-refractivity contribution in [3.05, 3.63) is 69.2 Å². The van der Waals surface area contributed by atoms with Gasteiger partial charge in [-0.05, 0) is 35.7 Å². The number of hydrogen-bond acceptors (Lipinski definition) is 3. The molecule has 6 heteroatoms. The van der Waals surface area contributed by atoms with Gasteiger partial charge in [0.1, 0.15) is 0 Å². The molecule has 0 aromatic heterocycles. The first-order valence-corrected chi connectivity index (χ1v) is 8.22. The number of aryl methyl sites for hydroxylation is 1. The Morgan fingerprint density at radius 3 is 2.29 bits per heavy atom. The Hall–Kier alpha value is -2.04. The number of esters is 1. The minimum Gasteiger partial charge on any atom is -0.452 e. The lowest BCUT2D eigenvalue weighted by Gasteiger charge is -2.08. The molecule has 1 amide bonds. The molecular weight excluding hydrogens is 349 g/mol. The maximum Gasteiger partial charge on any atom is 0.338 e. The Balaban J connectivity index is 1.79. The minimum atomic E-state index is -0.629. The average Bonchev–Trinajstić information content (AvgIpc) is 2.60. The monoisotopic (exact) mass is 365 g/mol. The Bertz CT molecular complexity index is 730. The van der Waals surface area contributed by atoms with E-state index in [-0.39, 0.29) is 23.1 Å². The van der Waals surface area contributed by atoms with Crippen LogP contribution in [-0.2, 0) is 22.5 Å². The van der Waals surface area contributed by atoms with Crippen molar-refractivity contribution in [1.29, 1.82) is 0 Å². The zero-order valence-electron chi connectivity index (χ0n) is 13.1. The van der Waals surface area contributed by atoms with Gasteiger partial charge < -0.3 is 10.1 Å². The van der Waals surface area contributed by atoms with Crippen LogP contribution in [0.15, 0.2) is 42.5 Å². The van der Waals surface area contributed by atoms with Gasteiger partial charge in [0.25, 0.3) is 5.91 Å². The van der Waals surface area contributed by atoms with Gasteiger partial charge in [-0.15, -0.1) is 0 Å². The normalized spacial score (nSPS) is 10.3. The molecule has 0 saturated carbocycles. The third-order valence-corrected chi connectivity index (χ3v) is 4.15. The van der Waals surface area contributed by atoms with Crippen molar-refractivity contribution in [3.8, 4) is 0 Å². The van der Waals surface area contributed by atoms with Gasteiger partial charge in [0.2, 0.25) is 0 Å². The van der Waals surface area contributed by atoms with Crippen molar-refractivity contribution in [2.45, 2.75) is 19.9 Å². The summed E-state index contributed by atoms with van der Waals surface area (Å²) in [5, 5.41) is 3.30. The molecule has 0 radical (unpaired) electrons. The van der Waals surface area contributed by atoms with Crippen LogP contribution in [0, 0.1) is 0 Å². The van der Waals surface area contributed by atoms with Crippen LogP contribution < -0.4 is 5.32 Å². The first-order valence-electron chi connectivity index (χ1n) is 7.46. The van der Waals surface area contributed by atoms with E-state index in [1.54, 1.807) is 0 Å². The molecule has 0 heterocycles. The van der Waals surface area contributed by atoms with Crippen LogP contribution in [0.2, 0.25) is 10.0 Å². The van der Waals surface area contributed by atoms with E-state index in [4.69, 9.17) is 27.9 Å². The van der Waals surface area contributed by atoms with Crippen LogP contribution >= 0.6 is 23.2 Å². The fraction of sp³-hybridized carbons (Fsp3) is 0.222. The highest BCUT2D eigenvalue weighted by molar-refractivity contribution is 6.42. The summed E-state index contributed by atoms with van der Waals surface area (Å²) in [5.41, 5.74) is 2.46. The van der Waals surface area contributed by atoms with E-state index >= 15 is 0 Å². The number of rotatable bonds is 6. The summed E-state index contributed by atoms with van der Waals surface area (Å²) in [5.74, 6) is -1.00. The van der Waals surface area contributed by atoms with Crippen LogP contribution in [0.5, 0.6) is 0 Å². The minimum absolute atomic E-state index is 0.243. The van der Waals surface area contributed by atoms with Gasteiger partial charge in [-0.2, -0.15) is 0 Å². The predicted octanol–water partition coefficient (Wildman–Crippen LogP) is 4.03. The number of benzene rings is 2. The molecule has 4 nitrogen and oxygen atoms in total. The highest BCUT2D eigenvalue weighted by Gasteiger charge is 2.11. The number of ether oxygens (including phenoxy) is 1. The summed E-state index contributed by atoms with van der Waals surface area (Å²) in [7, 11) is 0. The zero-order valence-corrected chi connectivity index (χ0v) is 14.7. The first kappa shape index (κ1) is 18.3. The second-order valence-electron chi connectivity index (χ2n) is 5.15. The Morgan fingerprint density at radius 2 is 1.67 bits per heavy atom. The van der Waals surface area contributed by atoms with Crippen LogP contribution in [0.1, 0.15) is 28.4 Å². The lowest BCUT2D eigenvalue weighted by molar-refractivity contribution is -0.124. The SMILES string of the molecule is CCc1ccc(CNC(=O)COC(=O)c2ccc(Cl)c(Cl)c2)cc1. The summed E-state index contributed by atoms with van der Waals surface area (Å²) < 4.78 is 4.96. The topological polar surface area (TPSA) is 55.4 Å². The number of halogens is 2. The molecule has 0 unspecified atom stereocenters. The summed E-state index contributed by atoms with van der Waals surface area (Å²) in [4.78, 5) is 23.6. The predicted molar refractivity (Wildman–Crippen MR) is 94.4 cm³/mol. The van der Waals surface area contributed by atoms with Gasteiger partial charge in [-0.25, -0.2) is 4.79 Å². The smallest absolute Gasteiger partial charge is 0.338 e. The van der Waals surface area contributed by atoms with E-state index in [1.165, 1.54) is 23.8 Å². The number of nitrogens with one attached hydrogen (secondary N) is 1. The number of carbonyl (C=O) groups is 2. The van der Waals surface area contributed by atoms with Crippen LogP contribution in [-0.4, -0.2) is 18.5 Å². The van der Waals surface area contributed by atoms with Gasteiger partial charge in [0.05, 0.1) is 15.6 Å². The van der Waals surface area contributed by atoms with E-state index in [0.717, 1.165) is 12.0 Å². The molecule has 0 fully saturated rings. The zero-order chi connectivity index (χ0) is 17.5. The quantitative estimate of drug-likeness (QED) is 0.786. The molecule has 0 aliphatic heterocycles. The molecular formula is C18H17Cl2NO3. The summed E-state index contributed by atoms with van der Waals surface area (Å²) in [6.45, 7) is 2.11. The number of amides is 1. The molecule has 0 atom stereocenters. The van der Waals surface area contributed by atoms with Gasteiger partial charge in [0, 0.05) is 6.54 Å². The van der Waals surface area contributed by atoms with Crippen LogP contribution in [0.25, 0.3) is 0 Å². The fourth-order valence-corrected chi connectivity index (χ4v) is 2.28. The number of hydrogen-bond donors (Lipinski definition) is 1. The molecule has 0 bridgehead atoms. The second kappa shape index (κ2) is 8.71. The average molecular weight is 366 g/mol. The highest BCUT2D eigenvalue weighted by Crippen LogP contribution is 2.22. The molecule has 0 aliphatic carbocycles. The summed E-state index contributed by atoms with van der Waals surface area (Å²) in [6, 6.07) is 12.4. The van der Waals surface area contributed by atoms with E-state index in [2.05, 4.69) is 12.2 Å². The van der Waals surface area contributed by atoms with Crippen molar-refractivity contribution in [1.82, 2.24) is 5.32 Å². The Labute approximate surface area is 150 Å². The number of carbonyl (C=O) groups excluding carboxylic acids is 2. The van der Waals surface area contributed by atoms with Crippen LogP contribution in [0.4, 0.5) is 0 Å². The molecule has 24 heavy (non-hydrogen) atoms. The van der Waals surface area contributed by atoms with Crippen molar-refractivity contribution in [2.24, 2.45) is 0 Å². The molecule has 2 aromatic rings. The van der Waals surface area contributed by atoms with E-state index < -0.39 is 5.97 Å². The fourth-order valence-electron chi connectivity index (χ4n) is 1.98. The molecule has 2 aromatic carbocycles. The molecule has 126 valence electrons.